The quantitative estimate of drug-likeness (QED) is 0.610. The van der Waals surface area contributed by atoms with Crippen LogP contribution in [0.25, 0.3) is 5.69 Å². The zero-order valence-corrected chi connectivity index (χ0v) is 15.2. The number of hydrogen-bond acceptors (Lipinski definition) is 8. The first kappa shape index (κ1) is 18.8. The lowest BCUT2D eigenvalue weighted by Crippen LogP contribution is -2.21. The Labute approximate surface area is 160 Å². The van der Waals surface area contributed by atoms with E-state index in [-0.39, 0.29) is 0 Å². The normalized spacial score (nSPS) is 10.2. The molecule has 3 aromatic rings. The van der Waals surface area contributed by atoms with E-state index in [9.17, 15) is 9.59 Å². The minimum atomic E-state index is -0.620. The summed E-state index contributed by atoms with van der Waals surface area (Å²) >= 11 is 0. The second-order valence-electron chi connectivity index (χ2n) is 5.50. The number of aromatic nitrogens is 4. The van der Waals surface area contributed by atoms with E-state index in [1.54, 1.807) is 42.5 Å². The number of ether oxygens (including phenoxy) is 3. The minimum Gasteiger partial charge on any atom is -0.493 e. The number of carbonyl (C=O) groups excluding carboxylic acids is 2. The molecule has 0 atom stereocenters. The molecule has 28 heavy (non-hydrogen) atoms. The molecule has 10 heteroatoms. The van der Waals surface area contributed by atoms with Gasteiger partial charge in [-0.2, -0.15) is 0 Å². The summed E-state index contributed by atoms with van der Waals surface area (Å²) in [5.74, 6) is -0.0892. The van der Waals surface area contributed by atoms with Gasteiger partial charge in [0.15, 0.2) is 18.1 Å². The van der Waals surface area contributed by atoms with Gasteiger partial charge in [-0.1, -0.05) is 0 Å². The van der Waals surface area contributed by atoms with Crippen LogP contribution in [0.3, 0.4) is 0 Å². The van der Waals surface area contributed by atoms with E-state index in [1.165, 1.54) is 25.2 Å². The van der Waals surface area contributed by atoms with Crippen molar-refractivity contribution in [1.29, 1.82) is 0 Å². The Morgan fingerprint density at radius 1 is 1.04 bits per heavy atom. The van der Waals surface area contributed by atoms with Gasteiger partial charge in [0.1, 0.15) is 6.33 Å². The predicted molar refractivity (Wildman–Crippen MR) is 97.6 cm³/mol. The molecule has 0 aliphatic carbocycles. The molecule has 0 saturated heterocycles. The maximum absolute atomic E-state index is 12.1. The van der Waals surface area contributed by atoms with Gasteiger partial charge in [-0.15, -0.1) is 5.10 Å². The minimum absolute atomic E-state index is 0.302. The fourth-order valence-corrected chi connectivity index (χ4v) is 2.36. The van der Waals surface area contributed by atoms with Crippen LogP contribution in [0.5, 0.6) is 11.5 Å². The first-order valence-corrected chi connectivity index (χ1v) is 8.13. The zero-order valence-electron chi connectivity index (χ0n) is 15.2. The number of methoxy groups -OCH3 is 2. The van der Waals surface area contributed by atoms with Crippen LogP contribution < -0.4 is 14.8 Å². The number of nitrogens with one attached hydrogen (secondary N) is 1. The van der Waals surface area contributed by atoms with E-state index in [0.29, 0.717) is 28.4 Å². The average Bonchev–Trinajstić information content (AvgIpc) is 3.27. The van der Waals surface area contributed by atoms with Gasteiger partial charge in [0, 0.05) is 11.8 Å². The molecule has 0 aliphatic heterocycles. The largest absolute Gasteiger partial charge is 0.493 e. The van der Waals surface area contributed by atoms with Crippen molar-refractivity contribution < 1.29 is 23.8 Å². The van der Waals surface area contributed by atoms with Crippen molar-refractivity contribution in [3.8, 4) is 17.2 Å². The smallest absolute Gasteiger partial charge is 0.338 e. The van der Waals surface area contributed by atoms with Crippen molar-refractivity contribution in [1.82, 2.24) is 20.2 Å². The van der Waals surface area contributed by atoms with Gasteiger partial charge in [0.2, 0.25) is 0 Å². The number of esters is 1. The van der Waals surface area contributed by atoms with Gasteiger partial charge in [0.25, 0.3) is 5.91 Å². The van der Waals surface area contributed by atoms with E-state index < -0.39 is 18.5 Å². The molecule has 3 rings (SSSR count). The first-order chi connectivity index (χ1) is 13.6. The summed E-state index contributed by atoms with van der Waals surface area (Å²) in [7, 11) is 3.01. The Hall–Kier alpha value is -3.95. The van der Waals surface area contributed by atoms with Crippen LogP contribution in [-0.4, -0.2) is 52.9 Å². The number of benzene rings is 2. The van der Waals surface area contributed by atoms with Crippen molar-refractivity contribution >= 4 is 17.6 Å². The molecule has 1 amide bonds. The van der Waals surface area contributed by atoms with Crippen LogP contribution in [0.15, 0.2) is 48.8 Å². The van der Waals surface area contributed by atoms with Crippen LogP contribution in [-0.2, 0) is 9.53 Å². The van der Waals surface area contributed by atoms with Gasteiger partial charge >= 0.3 is 5.97 Å². The Bertz CT molecular complexity index is 957. The first-order valence-electron chi connectivity index (χ1n) is 8.13. The molecule has 0 radical (unpaired) electrons. The third-order valence-corrected chi connectivity index (χ3v) is 3.72. The van der Waals surface area contributed by atoms with Crippen LogP contribution in [0.4, 0.5) is 5.69 Å². The highest BCUT2D eigenvalue weighted by atomic mass is 16.5. The number of anilines is 1. The van der Waals surface area contributed by atoms with E-state index in [1.807, 2.05) is 0 Å². The molecule has 0 bridgehead atoms. The van der Waals surface area contributed by atoms with E-state index in [2.05, 4.69) is 20.8 Å². The summed E-state index contributed by atoms with van der Waals surface area (Å²) < 4.78 is 16.8. The molecule has 0 spiro atoms. The number of carbonyl (C=O) groups is 2. The number of rotatable bonds is 7. The van der Waals surface area contributed by atoms with Gasteiger partial charge in [-0.25, -0.2) is 9.48 Å². The molecule has 0 saturated carbocycles. The highest BCUT2D eigenvalue weighted by Crippen LogP contribution is 2.29. The Balaban J connectivity index is 1.55. The van der Waals surface area contributed by atoms with Crippen molar-refractivity contribution in [2.75, 3.05) is 26.1 Å². The Kier molecular flexibility index (Phi) is 5.80. The fourth-order valence-electron chi connectivity index (χ4n) is 2.36. The van der Waals surface area contributed by atoms with Gasteiger partial charge in [0.05, 0.1) is 25.5 Å². The highest BCUT2D eigenvalue weighted by molar-refractivity contribution is 5.95. The van der Waals surface area contributed by atoms with Crippen molar-refractivity contribution in [2.24, 2.45) is 0 Å². The summed E-state index contributed by atoms with van der Waals surface area (Å²) in [6.07, 6.45) is 1.44. The second-order valence-corrected chi connectivity index (χ2v) is 5.50. The number of tetrazole rings is 1. The SMILES string of the molecule is COc1ccc(NC(=O)COC(=O)c2ccc(-n3cnnn3)cc2)cc1OC. The van der Waals surface area contributed by atoms with Crippen LogP contribution >= 0.6 is 0 Å². The molecular weight excluding hydrogens is 366 g/mol. The van der Waals surface area contributed by atoms with Gasteiger partial charge in [-0.3, -0.25) is 4.79 Å². The van der Waals surface area contributed by atoms with Crippen molar-refractivity contribution in [3.63, 3.8) is 0 Å². The van der Waals surface area contributed by atoms with Crippen molar-refractivity contribution in [3.05, 3.63) is 54.4 Å². The molecule has 2 aromatic carbocycles. The van der Waals surface area contributed by atoms with Crippen LogP contribution in [0.2, 0.25) is 0 Å². The Morgan fingerprint density at radius 3 is 2.43 bits per heavy atom. The number of amides is 1. The number of nitrogens with zero attached hydrogens (tertiary/aromatic N) is 4. The van der Waals surface area contributed by atoms with Crippen LogP contribution in [0, 0.1) is 0 Å². The lowest BCUT2D eigenvalue weighted by Gasteiger charge is -2.11. The average molecular weight is 383 g/mol. The monoisotopic (exact) mass is 383 g/mol. The molecule has 0 aliphatic rings. The molecule has 144 valence electrons. The topological polar surface area (TPSA) is 117 Å². The summed E-state index contributed by atoms with van der Waals surface area (Å²) in [6, 6.07) is 11.4. The van der Waals surface area contributed by atoms with E-state index in [0.717, 1.165) is 0 Å². The highest BCUT2D eigenvalue weighted by Gasteiger charge is 2.12. The van der Waals surface area contributed by atoms with Gasteiger partial charge in [-0.05, 0) is 46.8 Å². The summed E-state index contributed by atoms with van der Waals surface area (Å²) in [5, 5.41) is 13.5. The lowest BCUT2D eigenvalue weighted by atomic mass is 10.2. The van der Waals surface area contributed by atoms with E-state index in [4.69, 9.17) is 14.2 Å². The molecule has 10 nitrogen and oxygen atoms in total. The molecule has 0 unspecified atom stereocenters. The molecule has 1 heterocycles. The molecule has 1 N–H and O–H groups in total. The predicted octanol–water partition coefficient (Wildman–Crippen LogP) is 1.47. The third kappa shape index (κ3) is 4.41. The fraction of sp³-hybridized carbons (Fsp3) is 0.167. The molecule has 1 aromatic heterocycles. The van der Waals surface area contributed by atoms with Gasteiger partial charge < -0.3 is 19.5 Å². The maximum Gasteiger partial charge on any atom is 0.338 e. The third-order valence-electron chi connectivity index (χ3n) is 3.72. The summed E-state index contributed by atoms with van der Waals surface area (Å²) in [5.41, 5.74) is 1.48. The summed E-state index contributed by atoms with van der Waals surface area (Å²) in [6.45, 7) is -0.429. The molecular formula is C18H17N5O5. The maximum atomic E-state index is 12.1. The van der Waals surface area contributed by atoms with Crippen LogP contribution in [0.1, 0.15) is 10.4 Å². The van der Waals surface area contributed by atoms with Crippen molar-refractivity contribution in [2.45, 2.75) is 0 Å². The second kappa shape index (κ2) is 8.62. The number of hydrogen-bond donors (Lipinski definition) is 1. The molecule has 0 fully saturated rings. The standard InChI is InChI=1S/C18H17N5O5/c1-26-15-8-5-13(9-16(15)27-2)20-17(24)10-28-18(25)12-3-6-14(7-4-12)23-11-19-21-22-23/h3-9,11H,10H2,1-2H3,(H,20,24). The summed E-state index contributed by atoms with van der Waals surface area (Å²) in [4.78, 5) is 24.1. The lowest BCUT2D eigenvalue weighted by molar-refractivity contribution is -0.119. The Morgan fingerprint density at radius 2 is 1.79 bits per heavy atom. The van der Waals surface area contributed by atoms with E-state index >= 15 is 0 Å². The zero-order chi connectivity index (χ0) is 19.9.